The second-order valence-electron chi connectivity index (χ2n) is 4.62. The number of nitrogens with one attached hydrogen (secondary N) is 1. The zero-order chi connectivity index (χ0) is 14.6. The Kier molecular flexibility index (Phi) is 4.78. The van der Waals surface area contributed by atoms with E-state index in [1.165, 1.54) is 0 Å². The van der Waals surface area contributed by atoms with Crippen molar-refractivity contribution in [2.45, 2.75) is 12.5 Å². The number of rotatable bonds is 4. The third-order valence-corrected chi connectivity index (χ3v) is 4.22. The van der Waals surface area contributed by atoms with E-state index in [1.807, 2.05) is 37.3 Å². The van der Waals surface area contributed by atoms with Crippen LogP contribution in [0.15, 0.2) is 53.1 Å². The molecular formula is C15H14BrClN2O. The lowest BCUT2D eigenvalue weighted by atomic mass is 9.94. The van der Waals surface area contributed by atoms with Crippen molar-refractivity contribution < 1.29 is 4.79 Å². The smallest absolute Gasteiger partial charge is 0.271 e. The number of amides is 1. The molecule has 104 valence electrons. The summed E-state index contributed by atoms with van der Waals surface area (Å²) < 4.78 is 0.655. The third kappa shape index (κ3) is 3.19. The molecular weight excluding hydrogens is 340 g/mol. The van der Waals surface area contributed by atoms with Gasteiger partial charge in [0.15, 0.2) is 0 Å². The van der Waals surface area contributed by atoms with E-state index in [1.54, 1.807) is 18.3 Å². The number of hydrogen-bond donors (Lipinski definition) is 1. The van der Waals surface area contributed by atoms with Gasteiger partial charge in [0, 0.05) is 16.5 Å². The summed E-state index contributed by atoms with van der Waals surface area (Å²) in [6, 6.07) is 13.2. The number of alkyl halides is 1. The number of carbonyl (C=O) groups is 1. The van der Waals surface area contributed by atoms with Crippen molar-refractivity contribution in [3.05, 3.63) is 64.4 Å². The van der Waals surface area contributed by atoms with Crippen molar-refractivity contribution in [1.82, 2.24) is 10.3 Å². The van der Waals surface area contributed by atoms with Crippen molar-refractivity contribution in [2.75, 3.05) is 5.88 Å². The largest absolute Gasteiger partial charge is 0.340 e. The first-order valence-electron chi connectivity index (χ1n) is 6.11. The van der Waals surface area contributed by atoms with Crippen LogP contribution < -0.4 is 5.32 Å². The van der Waals surface area contributed by atoms with Crippen LogP contribution in [0.2, 0.25) is 0 Å². The van der Waals surface area contributed by atoms with Crippen LogP contribution >= 0.6 is 27.5 Å². The summed E-state index contributed by atoms with van der Waals surface area (Å²) in [5.41, 5.74) is 0.659. The first-order chi connectivity index (χ1) is 9.57. The van der Waals surface area contributed by atoms with Gasteiger partial charge in [-0.05, 0) is 40.5 Å². The molecule has 1 unspecified atom stereocenters. The van der Waals surface area contributed by atoms with Crippen LogP contribution in [-0.4, -0.2) is 16.8 Å². The number of aromatic nitrogens is 1. The Morgan fingerprint density at radius 1 is 1.30 bits per heavy atom. The van der Waals surface area contributed by atoms with E-state index in [4.69, 9.17) is 11.6 Å². The van der Waals surface area contributed by atoms with Gasteiger partial charge < -0.3 is 5.32 Å². The third-order valence-electron chi connectivity index (χ3n) is 3.04. The molecule has 5 heteroatoms. The van der Waals surface area contributed by atoms with Crippen molar-refractivity contribution in [3.8, 4) is 0 Å². The van der Waals surface area contributed by atoms with Crippen LogP contribution in [0.5, 0.6) is 0 Å². The zero-order valence-corrected chi connectivity index (χ0v) is 13.3. The summed E-state index contributed by atoms with van der Waals surface area (Å²) in [7, 11) is 0. The quantitative estimate of drug-likeness (QED) is 0.851. The van der Waals surface area contributed by atoms with Crippen LogP contribution in [0, 0.1) is 0 Å². The van der Waals surface area contributed by atoms with Crippen molar-refractivity contribution in [1.29, 1.82) is 0 Å². The fourth-order valence-corrected chi connectivity index (χ4v) is 2.51. The summed E-state index contributed by atoms with van der Waals surface area (Å²) in [4.78, 5) is 16.4. The van der Waals surface area contributed by atoms with Crippen LogP contribution in [0.25, 0.3) is 0 Å². The van der Waals surface area contributed by atoms with Gasteiger partial charge in [0.05, 0.1) is 5.54 Å². The molecule has 0 spiro atoms. The highest BCUT2D eigenvalue weighted by Gasteiger charge is 2.28. The number of nitrogens with zero attached hydrogens (tertiary/aromatic N) is 1. The van der Waals surface area contributed by atoms with Gasteiger partial charge in [0.25, 0.3) is 5.91 Å². The van der Waals surface area contributed by atoms with Gasteiger partial charge in [0.2, 0.25) is 0 Å². The lowest BCUT2D eigenvalue weighted by molar-refractivity contribution is 0.0907. The maximum atomic E-state index is 12.4. The molecule has 0 aliphatic carbocycles. The minimum atomic E-state index is -0.642. The van der Waals surface area contributed by atoms with Gasteiger partial charge in [-0.15, -0.1) is 11.6 Å². The molecule has 20 heavy (non-hydrogen) atoms. The lowest BCUT2D eigenvalue weighted by Gasteiger charge is -2.29. The minimum absolute atomic E-state index is 0.260. The molecule has 0 radical (unpaired) electrons. The predicted octanol–water partition coefficient (Wildman–Crippen LogP) is 3.73. The minimum Gasteiger partial charge on any atom is -0.340 e. The highest BCUT2D eigenvalue weighted by Crippen LogP contribution is 2.23. The molecule has 0 bridgehead atoms. The Labute approximate surface area is 131 Å². The van der Waals surface area contributed by atoms with E-state index in [2.05, 4.69) is 26.2 Å². The summed E-state index contributed by atoms with van der Waals surface area (Å²) >= 11 is 9.39. The number of pyridine rings is 1. The predicted molar refractivity (Wildman–Crippen MR) is 83.9 cm³/mol. The van der Waals surface area contributed by atoms with E-state index < -0.39 is 5.54 Å². The van der Waals surface area contributed by atoms with Gasteiger partial charge in [-0.1, -0.05) is 30.3 Å². The summed E-state index contributed by atoms with van der Waals surface area (Å²) in [5.74, 6) is 0.0113. The fraction of sp³-hybridized carbons (Fsp3) is 0.200. The molecule has 1 atom stereocenters. The van der Waals surface area contributed by atoms with Crippen molar-refractivity contribution in [2.24, 2.45) is 0 Å². The Bertz CT molecular complexity index is 606. The number of carbonyl (C=O) groups excluding carboxylic acids is 1. The summed E-state index contributed by atoms with van der Waals surface area (Å²) in [6.45, 7) is 1.89. The maximum Gasteiger partial charge on any atom is 0.271 e. The van der Waals surface area contributed by atoms with Crippen LogP contribution in [-0.2, 0) is 5.54 Å². The van der Waals surface area contributed by atoms with Gasteiger partial charge in [0.1, 0.15) is 5.69 Å². The van der Waals surface area contributed by atoms with E-state index in [0.717, 1.165) is 5.56 Å². The van der Waals surface area contributed by atoms with Crippen LogP contribution in [0.4, 0.5) is 0 Å². The Morgan fingerprint density at radius 2 is 2.00 bits per heavy atom. The highest BCUT2D eigenvalue weighted by atomic mass is 79.9. The monoisotopic (exact) mass is 352 g/mol. The second-order valence-corrected chi connectivity index (χ2v) is 5.74. The van der Waals surface area contributed by atoms with Crippen molar-refractivity contribution in [3.63, 3.8) is 0 Å². The molecule has 3 nitrogen and oxygen atoms in total. The second kappa shape index (κ2) is 6.37. The van der Waals surface area contributed by atoms with Crippen LogP contribution in [0.3, 0.4) is 0 Å². The van der Waals surface area contributed by atoms with Crippen LogP contribution in [0.1, 0.15) is 23.0 Å². The SMILES string of the molecule is CC(CCl)(NC(=O)c1ncccc1Br)c1ccccc1. The average Bonchev–Trinajstić information content (AvgIpc) is 2.48. The topological polar surface area (TPSA) is 42.0 Å². The maximum absolute atomic E-state index is 12.4. The summed E-state index contributed by atoms with van der Waals surface area (Å²) in [5, 5.41) is 2.95. The standard InChI is InChI=1S/C15H14BrClN2O/c1-15(10-17,11-6-3-2-4-7-11)19-14(20)13-12(16)8-5-9-18-13/h2-9H,10H2,1H3,(H,19,20). The molecule has 0 aliphatic heterocycles. The molecule has 2 aromatic rings. The van der Waals surface area contributed by atoms with Gasteiger partial charge in [-0.2, -0.15) is 0 Å². The molecule has 1 N–H and O–H groups in total. The van der Waals surface area contributed by atoms with E-state index in [9.17, 15) is 4.79 Å². The Balaban J connectivity index is 2.27. The highest BCUT2D eigenvalue weighted by molar-refractivity contribution is 9.10. The molecule has 0 saturated carbocycles. The molecule has 0 aliphatic rings. The molecule has 1 aromatic carbocycles. The zero-order valence-electron chi connectivity index (χ0n) is 10.9. The lowest BCUT2D eigenvalue weighted by Crippen LogP contribution is -2.45. The normalized spacial score (nSPS) is 13.6. The van der Waals surface area contributed by atoms with E-state index in [-0.39, 0.29) is 11.8 Å². The van der Waals surface area contributed by atoms with Gasteiger partial charge in [-0.25, -0.2) is 4.98 Å². The Hall–Kier alpha value is -1.39. The van der Waals surface area contributed by atoms with Gasteiger partial charge in [-0.3, -0.25) is 4.79 Å². The molecule has 1 heterocycles. The molecule has 2 rings (SSSR count). The number of benzene rings is 1. The molecule has 1 amide bonds. The van der Waals surface area contributed by atoms with Gasteiger partial charge >= 0.3 is 0 Å². The molecule has 0 saturated heterocycles. The average molecular weight is 354 g/mol. The first kappa shape index (κ1) is 15.0. The number of halogens is 2. The first-order valence-corrected chi connectivity index (χ1v) is 7.44. The van der Waals surface area contributed by atoms with Crippen molar-refractivity contribution >= 4 is 33.4 Å². The molecule has 0 fully saturated rings. The number of hydrogen-bond acceptors (Lipinski definition) is 2. The molecule has 1 aromatic heterocycles. The van der Waals surface area contributed by atoms with E-state index in [0.29, 0.717) is 10.2 Å². The van der Waals surface area contributed by atoms with E-state index >= 15 is 0 Å². The fourth-order valence-electron chi connectivity index (χ4n) is 1.85. The Morgan fingerprint density at radius 3 is 2.60 bits per heavy atom. The summed E-state index contributed by atoms with van der Waals surface area (Å²) in [6.07, 6.45) is 1.58.